The van der Waals surface area contributed by atoms with E-state index in [1.54, 1.807) is 6.08 Å². The number of piperazine rings is 1. The molecule has 4 nitrogen and oxygen atoms in total. The average molecular weight is 275 g/mol. The maximum Gasteiger partial charge on any atom is 0.165 e. The second-order valence-electron chi connectivity index (χ2n) is 4.80. The van der Waals surface area contributed by atoms with Crippen molar-refractivity contribution in [2.45, 2.75) is 12.5 Å². The van der Waals surface area contributed by atoms with Crippen molar-refractivity contribution in [1.82, 2.24) is 10.2 Å². The number of halogens is 1. The topological polar surface area (TPSA) is 59.3 Å². The van der Waals surface area contributed by atoms with Gasteiger partial charge in [0.1, 0.15) is 0 Å². The number of aromatic hydroxyl groups is 1. The molecular formula is C15H18FN3O. The van der Waals surface area contributed by atoms with E-state index in [-0.39, 0.29) is 6.04 Å². The number of nitrogens with one attached hydrogen (secondary N) is 1. The van der Waals surface area contributed by atoms with Crippen LogP contribution in [-0.4, -0.2) is 36.2 Å². The molecule has 0 unspecified atom stereocenters. The molecule has 2 rings (SSSR count). The van der Waals surface area contributed by atoms with Crippen molar-refractivity contribution in [2.75, 3.05) is 26.2 Å². The summed E-state index contributed by atoms with van der Waals surface area (Å²) in [6, 6.07) is 4.36. The van der Waals surface area contributed by atoms with Gasteiger partial charge in [0, 0.05) is 37.8 Å². The summed E-state index contributed by atoms with van der Waals surface area (Å²) in [6.07, 6.45) is 2.30. The predicted molar refractivity (Wildman–Crippen MR) is 74.8 cm³/mol. The second kappa shape index (κ2) is 6.51. The minimum Gasteiger partial charge on any atom is -0.505 e. The lowest BCUT2D eigenvalue weighted by Gasteiger charge is -2.35. The molecule has 106 valence electrons. The highest BCUT2D eigenvalue weighted by molar-refractivity contribution is 5.49. The summed E-state index contributed by atoms with van der Waals surface area (Å²) in [6.45, 7) is 6.99. The minimum absolute atomic E-state index is 0.222. The van der Waals surface area contributed by atoms with Crippen molar-refractivity contribution < 1.29 is 9.50 Å². The second-order valence-corrected chi connectivity index (χ2v) is 4.80. The fourth-order valence-electron chi connectivity index (χ4n) is 2.62. The number of phenolic OH excluding ortho intramolecular Hbond substituents is 1. The van der Waals surface area contributed by atoms with E-state index < -0.39 is 11.6 Å². The molecule has 1 heterocycles. The zero-order valence-corrected chi connectivity index (χ0v) is 11.3. The Labute approximate surface area is 118 Å². The molecule has 0 spiro atoms. The third kappa shape index (κ3) is 2.82. The fourth-order valence-corrected chi connectivity index (χ4v) is 2.62. The first kappa shape index (κ1) is 14.5. The smallest absolute Gasteiger partial charge is 0.165 e. The number of benzene rings is 1. The van der Waals surface area contributed by atoms with Gasteiger partial charge in [-0.15, -0.1) is 6.58 Å². The van der Waals surface area contributed by atoms with E-state index in [4.69, 9.17) is 0 Å². The van der Waals surface area contributed by atoms with Gasteiger partial charge in [-0.1, -0.05) is 6.08 Å². The Hall–Kier alpha value is -1.90. The Morgan fingerprint density at radius 1 is 1.50 bits per heavy atom. The standard InChI is InChI=1S/C15H18FN3O/c1-2-3-13(19-8-6-18-7-9-19)14-11(10-17)4-5-12(16)15(14)20/h2,4-5,13,18,20H,1,3,6-9H2/t13-/m0/s1. The molecule has 0 aromatic heterocycles. The molecule has 0 bridgehead atoms. The van der Waals surface area contributed by atoms with Gasteiger partial charge in [0.05, 0.1) is 11.6 Å². The highest BCUT2D eigenvalue weighted by Crippen LogP contribution is 2.36. The molecule has 0 radical (unpaired) electrons. The number of phenols is 1. The van der Waals surface area contributed by atoms with Gasteiger partial charge in [-0.05, 0) is 18.6 Å². The molecule has 1 aliphatic rings. The lowest BCUT2D eigenvalue weighted by Crippen LogP contribution is -2.45. The lowest BCUT2D eigenvalue weighted by atomic mass is 9.95. The molecule has 2 N–H and O–H groups in total. The molecule has 1 saturated heterocycles. The van der Waals surface area contributed by atoms with Crippen molar-refractivity contribution >= 4 is 0 Å². The van der Waals surface area contributed by atoms with Gasteiger partial charge in [0.25, 0.3) is 0 Å². The highest BCUT2D eigenvalue weighted by Gasteiger charge is 2.27. The van der Waals surface area contributed by atoms with Gasteiger partial charge in [-0.3, -0.25) is 4.90 Å². The van der Waals surface area contributed by atoms with Gasteiger partial charge in [0.15, 0.2) is 11.6 Å². The molecule has 1 aromatic rings. The van der Waals surface area contributed by atoms with E-state index in [0.717, 1.165) is 32.2 Å². The van der Waals surface area contributed by atoms with Crippen LogP contribution >= 0.6 is 0 Å². The summed E-state index contributed by atoms with van der Waals surface area (Å²) in [5.74, 6) is -1.11. The third-order valence-corrected chi connectivity index (χ3v) is 3.60. The summed E-state index contributed by atoms with van der Waals surface area (Å²) >= 11 is 0. The number of hydrogen-bond acceptors (Lipinski definition) is 4. The first-order valence-electron chi connectivity index (χ1n) is 6.66. The normalized spacial score (nSPS) is 17.4. The quantitative estimate of drug-likeness (QED) is 0.824. The summed E-state index contributed by atoms with van der Waals surface area (Å²) < 4.78 is 13.6. The van der Waals surface area contributed by atoms with Gasteiger partial charge in [-0.25, -0.2) is 4.39 Å². The van der Waals surface area contributed by atoms with Crippen LogP contribution < -0.4 is 5.32 Å². The zero-order valence-electron chi connectivity index (χ0n) is 11.3. The van der Waals surface area contributed by atoms with E-state index in [1.807, 2.05) is 6.07 Å². The summed E-state index contributed by atoms with van der Waals surface area (Å²) in [7, 11) is 0. The predicted octanol–water partition coefficient (Wildman–Crippen LogP) is 1.93. The van der Waals surface area contributed by atoms with Crippen LogP contribution in [0.1, 0.15) is 23.6 Å². The van der Waals surface area contributed by atoms with Crippen molar-refractivity contribution in [1.29, 1.82) is 5.26 Å². The van der Waals surface area contributed by atoms with E-state index in [0.29, 0.717) is 17.5 Å². The van der Waals surface area contributed by atoms with Crippen LogP contribution in [0, 0.1) is 17.1 Å². The van der Waals surface area contributed by atoms with Gasteiger partial charge in [-0.2, -0.15) is 5.26 Å². The van der Waals surface area contributed by atoms with Crippen molar-refractivity contribution in [3.8, 4) is 11.8 Å². The zero-order chi connectivity index (χ0) is 14.5. The Balaban J connectivity index is 2.45. The molecule has 1 atom stereocenters. The summed E-state index contributed by atoms with van der Waals surface area (Å²) in [5, 5.41) is 22.5. The maximum absolute atomic E-state index is 13.6. The fraction of sp³-hybridized carbons (Fsp3) is 0.400. The van der Waals surface area contributed by atoms with E-state index in [9.17, 15) is 14.8 Å². The minimum atomic E-state index is -0.691. The molecule has 1 aliphatic heterocycles. The average Bonchev–Trinajstić information content (AvgIpc) is 2.49. The molecule has 1 fully saturated rings. The van der Waals surface area contributed by atoms with Crippen LogP contribution in [0.2, 0.25) is 0 Å². The van der Waals surface area contributed by atoms with Crippen molar-refractivity contribution in [3.05, 3.63) is 41.7 Å². The largest absolute Gasteiger partial charge is 0.505 e. The summed E-state index contributed by atoms with van der Waals surface area (Å²) in [4.78, 5) is 2.15. The van der Waals surface area contributed by atoms with E-state index >= 15 is 0 Å². The molecule has 20 heavy (non-hydrogen) atoms. The SMILES string of the molecule is C=CC[C@@H](c1c(C#N)ccc(F)c1O)N1CCNCC1. The molecular weight excluding hydrogens is 257 g/mol. The molecule has 5 heteroatoms. The molecule has 0 aliphatic carbocycles. The van der Waals surface area contributed by atoms with Crippen molar-refractivity contribution in [2.24, 2.45) is 0 Å². The number of rotatable bonds is 4. The summed E-state index contributed by atoms with van der Waals surface area (Å²) in [5.41, 5.74) is 0.684. The Kier molecular flexibility index (Phi) is 4.72. The number of nitrogens with zero attached hydrogens (tertiary/aromatic N) is 2. The third-order valence-electron chi connectivity index (χ3n) is 3.60. The maximum atomic E-state index is 13.6. The van der Waals surface area contributed by atoms with E-state index in [1.165, 1.54) is 6.07 Å². The van der Waals surface area contributed by atoms with E-state index in [2.05, 4.69) is 16.8 Å². The Morgan fingerprint density at radius 3 is 2.80 bits per heavy atom. The van der Waals surface area contributed by atoms with Crippen LogP contribution in [0.3, 0.4) is 0 Å². The number of nitriles is 1. The van der Waals surface area contributed by atoms with Crippen molar-refractivity contribution in [3.63, 3.8) is 0 Å². The molecule has 0 saturated carbocycles. The van der Waals surface area contributed by atoms with Gasteiger partial charge < -0.3 is 10.4 Å². The Morgan fingerprint density at radius 2 is 2.20 bits per heavy atom. The first-order chi connectivity index (χ1) is 9.69. The molecule has 1 aromatic carbocycles. The molecule has 0 amide bonds. The van der Waals surface area contributed by atoms with Crippen LogP contribution in [0.15, 0.2) is 24.8 Å². The van der Waals surface area contributed by atoms with Gasteiger partial charge >= 0.3 is 0 Å². The lowest BCUT2D eigenvalue weighted by molar-refractivity contribution is 0.171. The van der Waals surface area contributed by atoms with Crippen LogP contribution in [0.4, 0.5) is 4.39 Å². The number of hydrogen-bond donors (Lipinski definition) is 2. The Bertz CT molecular complexity index is 533. The highest BCUT2D eigenvalue weighted by atomic mass is 19.1. The monoisotopic (exact) mass is 275 g/mol. The van der Waals surface area contributed by atoms with Crippen LogP contribution in [0.5, 0.6) is 5.75 Å². The van der Waals surface area contributed by atoms with Crippen LogP contribution in [0.25, 0.3) is 0 Å². The van der Waals surface area contributed by atoms with Crippen LogP contribution in [-0.2, 0) is 0 Å². The van der Waals surface area contributed by atoms with Gasteiger partial charge in [0.2, 0.25) is 0 Å². The first-order valence-corrected chi connectivity index (χ1v) is 6.66.